The molecule has 0 radical (unpaired) electrons. The summed E-state index contributed by atoms with van der Waals surface area (Å²) in [5.74, 6) is 0. The zero-order chi connectivity index (χ0) is 14.7. The van der Waals surface area contributed by atoms with Crippen molar-refractivity contribution >= 4 is 22.2 Å². The maximum absolute atomic E-state index is 12.3. The third-order valence-corrected chi connectivity index (χ3v) is 3.43. The quantitative estimate of drug-likeness (QED) is 0.676. The van der Waals surface area contributed by atoms with Gasteiger partial charge in [0.05, 0.1) is 4.92 Å². The molecule has 0 atom stereocenters. The summed E-state index contributed by atoms with van der Waals surface area (Å²) in [4.78, 5) is 10.3. The van der Waals surface area contributed by atoms with Gasteiger partial charge in [-0.15, -0.1) is 10.2 Å². The van der Waals surface area contributed by atoms with Gasteiger partial charge in [-0.25, -0.2) is 8.78 Å². The molecular formula is C11H10F2N4O2S. The average Bonchev–Trinajstić information content (AvgIpc) is 2.86. The minimum Gasteiger partial charge on any atom is -0.356 e. The van der Waals surface area contributed by atoms with Crippen molar-refractivity contribution in [2.24, 2.45) is 0 Å². The maximum atomic E-state index is 12.3. The van der Waals surface area contributed by atoms with Crippen molar-refractivity contribution in [3.8, 4) is 0 Å². The number of benzene rings is 1. The molecule has 2 aromatic rings. The van der Waals surface area contributed by atoms with E-state index in [9.17, 15) is 18.9 Å². The molecule has 2 rings (SSSR count). The molecule has 0 aliphatic heterocycles. The number of aromatic nitrogens is 2. The number of aryl methyl sites for hydroxylation is 1. The molecule has 0 aliphatic rings. The van der Waals surface area contributed by atoms with Crippen molar-refractivity contribution in [1.29, 1.82) is 0 Å². The smallest absolute Gasteiger partial charge is 0.291 e. The summed E-state index contributed by atoms with van der Waals surface area (Å²) in [5.41, 5.74) is 1.25. The molecule has 1 N–H and O–H groups in total. The normalized spacial score (nSPS) is 10.8. The second-order valence-corrected chi connectivity index (χ2v) is 4.99. The molecule has 0 spiro atoms. The van der Waals surface area contributed by atoms with E-state index < -0.39 is 11.3 Å². The topological polar surface area (TPSA) is 81.0 Å². The molecule has 0 aliphatic carbocycles. The summed E-state index contributed by atoms with van der Waals surface area (Å²) < 4.78 is 24.7. The fourth-order valence-corrected chi connectivity index (χ4v) is 2.13. The Kier molecular flexibility index (Phi) is 4.18. The fraction of sp³-hybridized carbons (Fsp3) is 0.273. The molecule has 106 valence electrons. The fourth-order valence-electron chi connectivity index (χ4n) is 1.53. The van der Waals surface area contributed by atoms with Gasteiger partial charge in [0.25, 0.3) is 12.1 Å². The van der Waals surface area contributed by atoms with Crippen LogP contribution in [0, 0.1) is 17.0 Å². The summed E-state index contributed by atoms with van der Waals surface area (Å²) >= 11 is 0.757. The lowest BCUT2D eigenvalue weighted by Gasteiger charge is -2.03. The summed E-state index contributed by atoms with van der Waals surface area (Å²) in [6.45, 7) is 1.90. The zero-order valence-corrected chi connectivity index (χ0v) is 11.2. The number of alkyl halides is 2. The van der Waals surface area contributed by atoms with Gasteiger partial charge in [0.1, 0.15) is 0 Å². The van der Waals surface area contributed by atoms with E-state index in [1.165, 1.54) is 6.07 Å². The Labute approximate surface area is 116 Å². The number of nitro benzene ring substituents is 1. The molecule has 20 heavy (non-hydrogen) atoms. The molecule has 1 heterocycles. The summed E-state index contributed by atoms with van der Waals surface area (Å²) in [7, 11) is 0. The van der Waals surface area contributed by atoms with Crippen molar-refractivity contribution in [2.75, 3.05) is 5.32 Å². The highest BCUT2D eigenvalue weighted by Crippen LogP contribution is 2.26. The van der Waals surface area contributed by atoms with Gasteiger partial charge in [-0.05, 0) is 12.5 Å². The first kappa shape index (κ1) is 14.3. The zero-order valence-electron chi connectivity index (χ0n) is 10.3. The number of nitro groups is 1. The van der Waals surface area contributed by atoms with Crippen LogP contribution in [0.3, 0.4) is 0 Å². The Hall–Kier alpha value is -2.16. The van der Waals surface area contributed by atoms with Gasteiger partial charge in [-0.2, -0.15) is 0 Å². The lowest BCUT2D eigenvalue weighted by Crippen LogP contribution is -2.00. The van der Waals surface area contributed by atoms with Crippen molar-refractivity contribution in [1.82, 2.24) is 10.2 Å². The number of halogens is 2. The predicted octanol–water partition coefficient (Wildman–Crippen LogP) is 3.30. The number of hydrogen-bond acceptors (Lipinski definition) is 6. The Morgan fingerprint density at radius 1 is 1.45 bits per heavy atom. The van der Waals surface area contributed by atoms with Crippen molar-refractivity contribution in [2.45, 2.75) is 19.9 Å². The summed E-state index contributed by atoms with van der Waals surface area (Å²) in [5, 5.41) is 20.4. The maximum Gasteiger partial charge on any atom is 0.291 e. The van der Waals surface area contributed by atoms with Gasteiger partial charge < -0.3 is 5.32 Å². The van der Waals surface area contributed by atoms with E-state index in [0.717, 1.165) is 11.3 Å². The summed E-state index contributed by atoms with van der Waals surface area (Å²) in [6, 6.07) is 4.81. The molecule has 0 bridgehead atoms. The van der Waals surface area contributed by atoms with Gasteiger partial charge in [0.15, 0.2) is 5.01 Å². The number of nitrogens with zero attached hydrogens (tertiary/aromatic N) is 3. The molecule has 1 aromatic carbocycles. The molecule has 0 saturated carbocycles. The van der Waals surface area contributed by atoms with Gasteiger partial charge >= 0.3 is 0 Å². The second-order valence-electron chi connectivity index (χ2n) is 3.98. The Morgan fingerprint density at radius 2 is 2.20 bits per heavy atom. The molecular weight excluding hydrogens is 290 g/mol. The molecule has 1 aromatic heterocycles. The van der Waals surface area contributed by atoms with Crippen LogP contribution in [0.4, 0.5) is 19.6 Å². The molecule has 0 saturated heterocycles. The van der Waals surface area contributed by atoms with Crippen molar-refractivity contribution in [3.05, 3.63) is 44.4 Å². The highest BCUT2D eigenvalue weighted by atomic mass is 32.1. The first-order valence-corrected chi connectivity index (χ1v) is 6.38. The first-order chi connectivity index (χ1) is 9.47. The minimum atomic E-state index is -2.65. The molecule has 0 unspecified atom stereocenters. The van der Waals surface area contributed by atoms with Crippen LogP contribution >= 0.6 is 11.3 Å². The van der Waals surface area contributed by atoms with E-state index in [2.05, 4.69) is 15.5 Å². The average molecular weight is 300 g/mol. The van der Waals surface area contributed by atoms with Gasteiger partial charge in [-0.3, -0.25) is 10.1 Å². The largest absolute Gasteiger partial charge is 0.356 e. The van der Waals surface area contributed by atoms with Crippen LogP contribution in [0.15, 0.2) is 18.2 Å². The van der Waals surface area contributed by atoms with Crippen LogP contribution in [0.1, 0.15) is 22.6 Å². The van der Waals surface area contributed by atoms with E-state index in [1.54, 1.807) is 19.1 Å². The SMILES string of the molecule is Cc1ccc(CNc2nnc(C(F)F)s2)cc1[N+](=O)[O-]. The minimum absolute atomic E-state index is 0.0230. The second kappa shape index (κ2) is 5.87. The van der Waals surface area contributed by atoms with E-state index in [1.807, 2.05) is 0 Å². The lowest BCUT2D eigenvalue weighted by molar-refractivity contribution is -0.385. The van der Waals surface area contributed by atoms with Gasteiger partial charge in [0.2, 0.25) is 5.13 Å². The van der Waals surface area contributed by atoms with Crippen LogP contribution in [0.25, 0.3) is 0 Å². The summed E-state index contributed by atoms with van der Waals surface area (Å²) in [6.07, 6.45) is -2.65. The van der Waals surface area contributed by atoms with E-state index >= 15 is 0 Å². The Morgan fingerprint density at radius 3 is 2.80 bits per heavy atom. The first-order valence-electron chi connectivity index (χ1n) is 5.56. The molecule has 0 amide bonds. The van der Waals surface area contributed by atoms with Gasteiger partial charge in [0, 0.05) is 18.2 Å². The lowest BCUT2D eigenvalue weighted by atomic mass is 10.1. The Bertz CT molecular complexity index is 633. The molecule has 9 heteroatoms. The predicted molar refractivity (Wildman–Crippen MR) is 70.0 cm³/mol. The highest BCUT2D eigenvalue weighted by Gasteiger charge is 2.14. The van der Waals surface area contributed by atoms with Crippen LogP contribution in [0.2, 0.25) is 0 Å². The Balaban J connectivity index is 2.06. The van der Waals surface area contributed by atoms with E-state index in [-0.39, 0.29) is 22.4 Å². The number of hydrogen-bond donors (Lipinski definition) is 1. The number of anilines is 1. The number of nitrogens with one attached hydrogen (secondary N) is 1. The molecule has 0 fully saturated rings. The third-order valence-electron chi connectivity index (χ3n) is 2.54. The van der Waals surface area contributed by atoms with Crippen LogP contribution in [-0.2, 0) is 6.54 Å². The third kappa shape index (κ3) is 3.23. The standard InChI is InChI=1S/C11H10F2N4O2S/c1-6-2-3-7(4-8(6)17(18)19)5-14-11-16-15-10(20-11)9(12)13/h2-4,9H,5H2,1H3,(H,14,16). The molecule has 6 nitrogen and oxygen atoms in total. The highest BCUT2D eigenvalue weighted by molar-refractivity contribution is 7.15. The van der Waals surface area contributed by atoms with Crippen molar-refractivity contribution < 1.29 is 13.7 Å². The van der Waals surface area contributed by atoms with E-state index in [0.29, 0.717) is 11.1 Å². The van der Waals surface area contributed by atoms with Crippen LogP contribution in [-0.4, -0.2) is 15.1 Å². The van der Waals surface area contributed by atoms with Crippen LogP contribution in [0.5, 0.6) is 0 Å². The number of rotatable bonds is 5. The van der Waals surface area contributed by atoms with Crippen molar-refractivity contribution in [3.63, 3.8) is 0 Å². The van der Waals surface area contributed by atoms with E-state index in [4.69, 9.17) is 0 Å². The van der Waals surface area contributed by atoms with Crippen LogP contribution < -0.4 is 5.32 Å². The van der Waals surface area contributed by atoms with Gasteiger partial charge in [-0.1, -0.05) is 23.5 Å². The monoisotopic (exact) mass is 300 g/mol.